The number of benzene rings is 4. The van der Waals surface area contributed by atoms with Crippen molar-refractivity contribution in [3.05, 3.63) is 160 Å². The van der Waals surface area contributed by atoms with Crippen LogP contribution in [0.2, 0.25) is 0 Å². The lowest BCUT2D eigenvalue weighted by Crippen LogP contribution is -2.26. The number of pyridine rings is 2. The lowest BCUT2D eigenvalue weighted by atomic mass is 9.85. The third kappa shape index (κ3) is 8.93. The quantitative estimate of drug-likeness (QED) is 0.150. The molecule has 1 aliphatic heterocycles. The minimum Gasteiger partial charge on any atom is -0.493 e. The molecule has 0 radical (unpaired) electrons. The summed E-state index contributed by atoms with van der Waals surface area (Å²) in [5, 5.41) is 5.77. The first-order chi connectivity index (χ1) is 27.7. The number of fused-ring (bicyclic) bond motifs is 2. The summed E-state index contributed by atoms with van der Waals surface area (Å²) in [6, 6.07) is 21.2. The van der Waals surface area contributed by atoms with E-state index in [2.05, 4.69) is 20.6 Å². The fourth-order valence-corrected chi connectivity index (χ4v) is 7.10. The molecule has 0 fully saturated rings. The summed E-state index contributed by atoms with van der Waals surface area (Å²) >= 11 is 0. The fraction of sp³-hybridized carbons (Fsp3) is 0.244. The molecule has 3 heterocycles. The van der Waals surface area contributed by atoms with E-state index < -0.39 is 35.1 Å². The Hall–Kier alpha value is -5.98. The van der Waals surface area contributed by atoms with Crippen molar-refractivity contribution in [2.24, 2.45) is 0 Å². The predicted octanol–water partition coefficient (Wildman–Crippen LogP) is 11.9. The second kappa shape index (κ2) is 16.5. The molecular weight excluding hydrogens is 765 g/mol. The molecule has 5 nitrogen and oxygen atoms in total. The third-order valence-corrected chi connectivity index (χ3v) is 10.3. The van der Waals surface area contributed by atoms with Crippen molar-refractivity contribution in [3.63, 3.8) is 0 Å². The van der Waals surface area contributed by atoms with Crippen LogP contribution in [0, 0.1) is 37.1 Å². The lowest BCUT2D eigenvalue weighted by Gasteiger charge is -2.27. The summed E-state index contributed by atoms with van der Waals surface area (Å²) in [5.74, 6) is -7.00. The molecule has 0 bridgehead atoms. The molecule has 0 atom stereocenters. The van der Waals surface area contributed by atoms with Gasteiger partial charge in [0.25, 0.3) is 11.8 Å². The van der Waals surface area contributed by atoms with Crippen LogP contribution in [0.3, 0.4) is 0 Å². The third-order valence-electron chi connectivity index (χ3n) is 10.3. The monoisotopic (exact) mass is 802 g/mol. The van der Waals surface area contributed by atoms with Crippen molar-refractivity contribution < 1.29 is 39.9 Å². The van der Waals surface area contributed by atoms with E-state index in [4.69, 9.17) is 4.74 Å². The van der Waals surface area contributed by atoms with Crippen LogP contribution in [0.4, 0.5) is 46.8 Å². The van der Waals surface area contributed by atoms with Gasteiger partial charge in [0, 0.05) is 60.6 Å². The summed E-state index contributed by atoms with van der Waals surface area (Å²) in [5.41, 5.74) is 6.17. The van der Waals surface area contributed by atoms with Gasteiger partial charge < -0.3 is 15.4 Å². The van der Waals surface area contributed by atoms with Gasteiger partial charge in [0.05, 0.1) is 18.6 Å². The highest BCUT2D eigenvalue weighted by Crippen LogP contribution is 2.44. The second-order valence-corrected chi connectivity index (χ2v) is 14.4. The molecule has 2 aromatic heterocycles. The van der Waals surface area contributed by atoms with Gasteiger partial charge in [0.2, 0.25) is 0 Å². The van der Waals surface area contributed by atoms with E-state index in [1.807, 2.05) is 32.0 Å². The summed E-state index contributed by atoms with van der Waals surface area (Å²) < 4.78 is 116. The fourth-order valence-electron chi connectivity index (χ4n) is 7.10. The Labute approximate surface area is 330 Å². The largest absolute Gasteiger partial charge is 0.493 e. The average molecular weight is 803 g/mol. The number of nitrogens with one attached hydrogen (secondary N) is 2. The van der Waals surface area contributed by atoms with Crippen LogP contribution in [-0.2, 0) is 31.9 Å². The minimum atomic E-state index is -2.94. The minimum absolute atomic E-state index is 0.0106. The van der Waals surface area contributed by atoms with Crippen LogP contribution in [-0.4, -0.2) is 22.5 Å². The average Bonchev–Trinajstić information content (AvgIpc) is 3.18. The zero-order valence-corrected chi connectivity index (χ0v) is 31.5. The maximum Gasteiger partial charge on any atom is 0.280 e. The maximum absolute atomic E-state index is 14.2. The van der Waals surface area contributed by atoms with E-state index in [1.54, 1.807) is 30.5 Å². The number of aryl methyl sites for hydroxylation is 3. The zero-order valence-electron chi connectivity index (χ0n) is 31.5. The maximum atomic E-state index is 14.2. The first-order valence-corrected chi connectivity index (χ1v) is 18.6. The molecule has 0 unspecified atom stereocenters. The highest BCUT2D eigenvalue weighted by molar-refractivity contribution is 5.71. The zero-order chi connectivity index (χ0) is 41.2. The molecule has 300 valence electrons. The number of halogens is 8. The molecule has 0 spiro atoms. The number of anilines is 2. The van der Waals surface area contributed by atoms with Gasteiger partial charge in [-0.25, -0.2) is 45.1 Å². The van der Waals surface area contributed by atoms with Gasteiger partial charge in [-0.05, 0) is 114 Å². The standard InChI is InChI=1S/C23H20F4N2.C22H18F4N2O/c1-14-9-15-7-8-23(26,27)11-17(15)10-18(14)16-5-6-22(28-12-16)29-13-19-20(24)3-2-4-21(19)25;1-13-9-20-17(22(25,26)7-8-29-20)10-15(13)14-5-6-21(27-11-14)28-12-16-18(23)3-2-4-19(16)24/h2-6,9-10,12H,7-8,11,13H2,1H3,(H,28,29);2-6,9-11H,7-8,12H2,1H3,(H,27,28). The summed E-state index contributed by atoms with van der Waals surface area (Å²) in [6.07, 6.45) is 2.86. The summed E-state index contributed by atoms with van der Waals surface area (Å²) in [4.78, 5) is 8.55. The van der Waals surface area contributed by atoms with E-state index in [-0.39, 0.29) is 61.4 Å². The highest BCUT2D eigenvalue weighted by Gasteiger charge is 2.39. The van der Waals surface area contributed by atoms with Gasteiger partial charge >= 0.3 is 0 Å². The molecule has 6 aromatic rings. The van der Waals surface area contributed by atoms with Crippen molar-refractivity contribution in [1.29, 1.82) is 0 Å². The van der Waals surface area contributed by atoms with E-state index in [1.165, 1.54) is 48.7 Å². The molecule has 0 amide bonds. The number of hydrogen-bond acceptors (Lipinski definition) is 5. The lowest BCUT2D eigenvalue weighted by molar-refractivity contribution is -0.0404. The van der Waals surface area contributed by atoms with E-state index >= 15 is 0 Å². The van der Waals surface area contributed by atoms with E-state index in [0.717, 1.165) is 27.8 Å². The number of hydrogen-bond donors (Lipinski definition) is 2. The Balaban J connectivity index is 0.000000177. The van der Waals surface area contributed by atoms with Gasteiger partial charge in [0.1, 0.15) is 40.7 Å². The molecule has 2 N–H and O–H groups in total. The Morgan fingerprint density at radius 2 is 1.14 bits per heavy atom. The summed E-state index contributed by atoms with van der Waals surface area (Å²) in [7, 11) is 0. The van der Waals surface area contributed by atoms with Crippen LogP contribution >= 0.6 is 0 Å². The predicted molar refractivity (Wildman–Crippen MR) is 207 cm³/mol. The SMILES string of the molecule is Cc1cc2c(cc1-c1ccc(NCc3c(F)cccc3F)nc1)C(F)(F)CCO2.Cc1cc2c(cc1-c1ccc(NCc3c(F)cccc3F)nc1)CC(F)(F)CC2. The number of ether oxygens (including phenoxy) is 1. The van der Waals surface area contributed by atoms with Gasteiger partial charge in [-0.1, -0.05) is 24.3 Å². The van der Waals surface area contributed by atoms with Crippen molar-refractivity contribution in [2.45, 2.75) is 64.5 Å². The number of aromatic nitrogens is 2. The van der Waals surface area contributed by atoms with Crippen molar-refractivity contribution >= 4 is 11.6 Å². The smallest absolute Gasteiger partial charge is 0.280 e. The molecule has 0 saturated heterocycles. The number of alkyl halides is 4. The topological polar surface area (TPSA) is 59.1 Å². The Morgan fingerprint density at radius 1 is 0.621 bits per heavy atom. The van der Waals surface area contributed by atoms with Crippen LogP contribution in [0.15, 0.2) is 97.3 Å². The summed E-state index contributed by atoms with van der Waals surface area (Å²) in [6.45, 7) is 3.67. The van der Waals surface area contributed by atoms with Gasteiger partial charge in [-0.2, -0.15) is 0 Å². The second-order valence-electron chi connectivity index (χ2n) is 14.4. The Kier molecular flexibility index (Phi) is 11.4. The van der Waals surface area contributed by atoms with Crippen LogP contribution < -0.4 is 15.4 Å². The first-order valence-electron chi connectivity index (χ1n) is 18.6. The van der Waals surface area contributed by atoms with Gasteiger partial charge in [-0.15, -0.1) is 0 Å². The van der Waals surface area contributed by atoms with Crippen molar-refractivity contribution in [3.8, 4) is 28.0 Å². The number of nitrogens with zero attached hydrogens (tertiary/aromatic N) is 2. The van der Waals surface area contributed by atoms with E-state index in [9.17, 15) is 35.1 Å². The van der Waals surface area contributed by atoms with Gasteiger partial charge in [-0.3, -0.25) is 0 Å². The van der Waals surface area contributed by atoms with Crippen molar-refractivity contribution in [1.82, 2.24) is 9.97 Å². The Bertz CT molecular complexity index is 2400. The molecule has 13 heteroatoms. The molecule has 8 rings (SSSR count). The van der Waals surface area contributed by atoms with Crippen LogP contribution in [0.1, 0.15) is 51.8 Å². The van der Waals surface area contributed by atoms with Crippen molar-refractivity contribution in [2.75, 3.05) is 17.2 Å². The first kappa shape index (κ1) is 40.2. The normalized spacial score (nSPS) is 14.9. The molecule has 58 heavy (non-hydrogen) atoms. The van der Waals surface area contributed by atoms with Gasteiger partial charge in [0.15, 0.2) is 0 Å². The molecule has 1 aliphatic carbocycles. The number of rotatable bonds is 8. The highest BCUT2D eigenvalue weighted by atomic mass is 19.3. The van der Waals surface area contributed by atoms with E-state index in [0.29, 0.717) is 34.7 Å². The van der Waals surface area contributed by atoms with Crippen LogP contribution in [0.25, 0.3) is 22.3 Å². The molecule has 0 saturated carbocycles. The van der Waals surface area contributed by atoms with Crippen LogP contribution in [0.5, 0.6) is 5.75 Å². The molecular formula is C45H38F8N4O. The molecule has 2 aliphatic rings. The molecule has 4 aromatic carbocycles. The Morgan fingerprint density at radius 3 is 1.66 bits per heavy atom.